The molecule has 1 unspecified atom stereocenters. The summed E-state index contributed by atoms with van der Waals surface area (Å²) in [6, 6.07) is 24.2. The van der Waals surface area contributed by atoms with Crippen molar-refractivity contribution in [1.29, 1.82) is 0 Å². The molecule has 6 rings (SSSR count). The van der Waals surface area contributed by atoms with E-state index < -0.39 is 0 Å². The number of thiazole rings is 1. The number of nitrogens with one attached hydrogen (secondary N) is 1. The lowest BCUT2D eigenvalue weighted by atomic mass is 9.85. The molecule has 0 saturated heterocycles. The lowest BCUT2D eigenvalue weighted by Crippen LogP contribution is -2.25. The monoisotopic (exact) mass is 480 g/mol. The zero-order valence-electron chi connectivity index (χ0n) is 19.5. The first-order valence-corrected chi connectivity index (χ1v) is 12.4. The van der Waals surface area contributed by atoms with Gasteiger partial charge in [0.1, 0.15) is 18.2 Å². The van der Waals surface area contributed by atoms with Crippen LogP contribution in [0.15, 0.2) is 72.8 Å². The van der Waals surface area contributed by atoms with E-state index in [1.165, 1.54) is 5.56 Å². The maximum atomic E-state index is 12.9. The van der Waals surface area contributed by atoms with Crippen LogP contribution in [-0.2, 0) is 11.4 Å². The fraction of sp³-hybridized carbons (Fsp3) is 0.179. The fourth-order valence-electron chi connectivity index (χ4n) is 4.73. The Balaban J connectivity index is 1.40. The first kappa shape index (κ1) is 21.6. The van der Waals surface area contributed by atoms with E-state index in [1.54, 1.807) is 16.0 Å². The van der Waals surface area contributed by atoms with Gasteiger partial charge in [0.25, 0.3) is 0 Å². The summed E-state index contributed by atoms with van der Waals surface area (Å²) in [6.07, 6.45) is 0.337. The molecular formula is C28H24N4O2S. The molecule has 0 aliphatic carbocycles. The largest absolute Gasteiger partial charge is 0.489 e. The summed E-state index contributed by atoms with van der Waals surface area (Å²) in [5.74, 6) is 1.28. The number of ether oxygens (including phenoxy) is 1. The summed E-state index contributed by atoms with van der Waals surface area (Å²) in [5.41, 5.74) is 6.13. The van der Waals surface area contributed by atoms with Gasteiger partial charge in [-0.15, -0.1) is 0 Å². The summed E-state index contributed by atoms with van der Waals surface area (Å²) >= 11 is 1.56. The van der Waals surface area contributed by atoms with Crippen LogP contribution in [0.2, 0.25) is 0 Å². The smallest absolute Gasteiger partial charge is 0.226 e. The van der Waals surface area contributed by atoms with Gasteiger partial charge in [-0.1, -0.05) is 65.9 Å². The molecule has 0 fully saturated rings. The van der Waals surface area contributed by atoms with E-state index in [0.717, 1.165) is 43.5 Å². The predicted molar refractivity (Wildman–Crippen MR) is 139 cm³/mol. The van der Waals surface area contributed by atoms with Gasteiger partial charge in [0.15, 0.2) is 0 Å². The van der Waals surface area contributed by atoms with Crippen LogP contribution >= 0.6 is 11.3 Å². The minimum atomic E-state index is -0.157. The van der Waals surface area contributed by atoms with Gasteiger partial charge in [-0.2, -0.15) is 9.78 Å². The number of carbonyl (C=O) groups is 1. The van der Waals surface area contributed by atoms with Gasteiger partial charge < -0.3 is 10.1 Å². The second-order valence-electron chi connectivity index (χ2n) is 8.78. The molecule has 5 aromatic rings. The first-order chi connectivity index (χ1) is 17.1. The standard InChI is InChI=1S/C28H24N4O2S/c1-17-9-3-4-10-19(17)16-34-23-13-7-5-11-20(23)21-15-25(33)30-27-26(21)18(2)31-32(27)28-29-22-12-6-8-14-24(22)35-28/h3-14,21H,15-16H2,1-2H3,(H,30,33). The molecule has 0 saturated carbocycles. The minimum Gasteiger partial charge on any atom is -0.489 e. The minimum absolute atomic E-state index is 0.0431. The SMILES string of the molecule is Cc1ccccc1COc1ccccc1C1CC(=O)Nc2c1c(C)nn2-c1nc2ccccc2s1. The van der Waals surface area contributed by atoms with Crippen molar-refractivity contribution in [2.75, 3.05) is 5.32 Å². The van der Waals surface area contributed by atoms with Gasteiger partial charge in [-0.3, -0.25) is 4.79 Å². The summed E-state index contributed by atoms with van der Waals surface area (Å²) in [7, 11) is 0. The third-order valence-electron chi connectivity index (χ3n) is 6.51. The Morgan fingerprint density at radius 1 is 1.03 bits per heavy atom. The van der Waals surface area contributed by atoms with E-state index in [0.29, 0.717) is 18.8 Å². The summed E-state index contributed by atoms with van der Waals surface area (Å²) in [4.78, 5) is 17.7. The fourth-order valence-corrected chi connectivity index (χ4v) is 5.65. The molecule has 35 heavy (non-hydrogen) atoms. The lowest BCUT2D eigenvalue weighted by Gasteiger charge is -2.26. The molecule has 1 amide bonds. The van der Waals surface area contributed by atoms with Crippen molar-refractivity contribution in [3.63, 3.8) is 0 Å². The second-order valence-corrected chi connectivity index (χ2v) is 9.79. The molecule has 0 spiro atoms. The molecule has 3 heterocycles. The van der Waals surface area contributed by atoms with Crippen LogP contribution in [-0.4, -0.2) is 20.7 Å². The number of aromatic nitrogens is 3. The van der Waals surface area contributed by atoms with E-state index in [1.807, 2.05) is 61.5 Å². The zero-order chi connectivity index (χ0) is 23.9. The number of hydrogen-bond donors (Lipinski definition) is 1. The molecule has 6 nitrogen and oxygen atoms in total. The van der Waals surface area contributed by atoms with Gasteiger partial charge in [0.05, 0.1) is 15.9 Å². The van der Waals surface area contributed by atoms with Crippen molar-refractivity contribution < 1.29 is 9.53 Å². The maximum Gasteiger partial charge on any atom is 0.226 e. The first-order valence-electron chi connectivity index (χ1n) is 11.6. The Hall–Kier alpha value is -3.97. The number of anilines is 1. The van der Waals surface area contributed by atoms with Gasteiger partial charge >= 0.3 is 0 Å². The topological polar surface area (TPSA) is 69.0 Å². The average molecular weight is 481 g/mol. The molecule has 0 radical (unpaired) electrons. The Labute approximate surface area is 207 Å². The van der Waals surface area contributed by atoms with Gasteiger partial charge in [0, 0.05) is 23.5 Å². The number of carbonyl (C=O) groups excluding carboxylic acids is 1. The summed E-state index contributed by atoms with van der Waals surface area (Å²) in [5, 5.41) is 8.61. The second kappa shape index (κ2) is 8.67. The van der Waals surface area contributed by atoms with E-state index in [9.17, 15) is 4.79 Å². The highest BCUT2D eigenvalue weighted by atomic mass is 32.1. The van der Waals surface area contributed by atoms with Crippen LogP contribution in [0.3, 0.4) is 0 Å². The van der Waals surface area contributed by atoms with Crippen molar-refractivity contribution in [1.82, 2.24) is 14.8 Å². The number of benzene rings is 3. The summed E-state index contributed by atoms with van der Waals surface area (Å²) in [6.45, 7) is 4.55. The van der Waals surface area contributed by atoms with E-state index >= 15 is 0 Å². The van der Waals surface area contributed by atoms with Gasteiger partial charge in [-0.25, -0.2) is 4.98 Å². The highest BCUT2D eigenvalue weighted by molar-refractivity contribution is 7.20. The molecule has 1 atom stereocenters. The highest BCUT2D eigenvalue weighted by Gasteiger charge is 2.34. The molecule has 7 heteroatoms. The van der Waals surface area contributed by atoms with E-state index in [2.05, 4.69) is 30.4 Å². The Morgan fingerprint density at radius 3 is 2.66 bits per heavy atom. The lowest BCUT2D eigenvalue weighted by molar-refractivity contribution is -0.116. The number of aryl methyl sites for hydroxylation is 2. The molecule has 174 valence electrons. The van der Waals surface area contributed by atoms with Crippen LogP contribution in [0, 0.1) is 13.8 Å². The molecule has 3 aromatic carbocycles. The Morgan fingerprint density at radius 2 is 1.80 bits per heavy atom. The summed E-state index contributed by atoms with van der Waals surface area (Å²) < 4.78 is 9.17. The van der Waals surface area contributed by atoms with Gasteiger partial charge in [-0.05, 0) is 43.2 Å². The van der Waals surface area contributed by atoms with Crippen LogP contribution in [0.25, 0.3) is 15.3 Å². The van der Waals surface area contributed by atoms with E-state index in [4.69, 9.17) is 14.8 Å². The molecule has 1 N–H and O–H groups in total. The van der Waals surface area contributed by atoms with Crippen molar-refractivity contribution in [2.24, 2.45) is 0 Å². The van der Waals surface area contributed by atoms with Crippen molar-refractivity contribution >= 4 is 33.3 Å². The molecule has 1 aliphatic heterocycles. The molecule has 1 aliphatic rings. The number of fused-ring (bicyclic) bond motifs is 2. The average Bonchev–Trinajstić information content (AvgIpc) is 3.44. The normalized spacial score (nSPS) is 15.1. The molecule has 2 aromatic heterocycles. The molecule has 0 bridgehead atoms. The number of para-hydroxylation sites is 2. The van der Waals surface area contributed by atoms with Crippen LogP contribution in [0.4, 0.5) is 5.82 Å². The van der Waals surface area contributed by atoms with Crippen LogP contribution in [0.5, 0.6) is 5.75 Å². The predicted octanol–water partition coefficient (Wildman–Crippen LogP) is 6.15. The Kier molecular flexibility index (Phi) is 5.34. The maximum absolute atomic E-state index is 12.9. The Bertz CT molecular complexity index is 1540. The van der Waals surface area contributed by atoms with Crippen molar-refractivity contribution in [3.05, 3.63) is 101 Å². The van der Waals surface area contributed by atoms with E-state index in [-0.39, 0.29) is 11.8 Å². The number of nitrogens with zero attached hydrogens (tertiary/aromatic N) is 3. The third kappa shape index (κ3) is 3.88. The zero-order valence-corrected chi connectivity index (χ0v) is 20.3. The number of rotatable bonds is 5. The highest BCUT2D eigenvalue weighted by Crippen LogP contribution is 2.43. The van der Waals surface area contributed by atoms with Crippen molar-refractivity contribution in [3.8, 4) is 10.9 Å². The number of amides is 1. The van der Waals surface area contributed by atoms with Crippen molar-refractivity contribution in [2.45, 2.75) is 32.8 Å². The number of hydrogen-bond acceptors (Lipinski definition) is 5. The van der Waals surface area contributed by atoms with Crippen LogP contribution in [0.1, 0.15) is 40.3 Å². The quantitative estimate of drug-likeness (QED) is 0.327. The molecular weight excluding hydrogens is 456 g/mol. The van der Waals surface area contributed by atoms with Crippen LogP contribution < -0.4 is 10.1 Å². The van der Waals surface area contributed by atoms with Gasteiger partial charge in [0.2, 0.25) is 11.0 Å². The third-order valence-corrected chi connectivity index (χ3v) is 7.52.